The third-order valence-corrected chi connectivity index (χ3v) is 4.45. The lowest BCUT2D eigenvalue weighted by molar-refractivity contribution is -0.384. The molecule has 2 aromatic heterocycles. The molecule has 0 aliphatic carbocycles. The lowest BCUT2D eigenvalue weighted by Gasteiger charge is -1.98. The summed E-state index contributed by atoms with van der Waals surface area (Å²) in [6.45, 7) is 0. The predicted molar refractivity (Wildman–Crippen MR) is 105 cm³/mol. The van der Waals surface area contributed by atoms with Crippen LogP contribution in [0.5, 0.6) is 0 Å². The predicted octanol–water partition coefficient (Wildman–Crippen LogP) is 5.40. The van der Waals surface area contributed by atoms with Gasteiger partial charge in [-0.1, -0.05) is 30.3 Å². The molecule has 0 radical (unpaired) electrons. The van der Waals surface area contributed by atoms with E-state index < -0.39 is 10.9 Å². The molecule has 4 aromatic rings. The molecule has 7 heteroatoms. The maximum Gasteiger partial charge on any atom is 0.372 e. The Morgan fingerprint density at radius 2 is 1.59 bits per heavy atom. The van der Waals surface area contributed by atoms with E-state index in [9.17, 15) is 20.0 Å². The van der Waals surface area contributed by atoms with Gasteiger partial charge in [0.15, 0.2) is 0 Å². The molecule has 0 saturated carbocycles. The second-order valence-electron chi connectivity index (χ2n) is 6.38. The molecule has 0 aliphatic heterocycles. The molecule has 0 fully saturated rings. The van der Waals surface area contributed by atoms with Crippen molar-refractivity contribution in [3.05, 3.63) is 100.0 Å². The van der Waals surface area contributed by atoms with Crippen LogP contribution >= 0.6 is 0 Å². The number of furan rings is 2. The summed E-state index contributed by atoms with van der Waals surface area (Å²) in [5, 5.41) is 20.3. The number of benzene rings is 2. The first-order valence-electron chi connectivity index (χ1n) is 8.76. The van der Waals surface area contributed by atoms with Gasteiger partial charge in [0.05, 0.1) is 4.92 Å². The van der Waals surface area contributed by atoms with E-state index in [4.69, 9.17) is 8.83 Å². The monoisotopic (exact) mass is 389 g/mol. The number of carboxylic acid groups (broad SMARTS) is 1. The van der Waals surface area contributed by atoms with Gasteiger partial charge in [-0.3, -0.25) is 10.1 Å². The molecule has 0 saturated heterocycles. The summed E-state index contributed by atoms with van der Waals surface area (Å²) in [7, 11) is 0. The largest absolute Gasteiger partial charge is 0.475 e. The van der Waals surface area contributed by atoms with E-state index in [-0.39, 0.29) is 17.9 Å². The number of nitro groups is 1. The smallest absolute Gasteiger partial charge is 0.372 e. The Kier molecular flexibility index (Phi) is 4.70. The number of nitrogens with zero attached hydrogens (tertiary/aromatic N) is 1. The van der Waals surface area contributed by atoms with Gasteiger partial charge in [-0.05, 0) is 30.3 Å². The van der Waals surface area contributed by atoms with E-state index in [2.05, 4.69) is 0 Å². The van der Waals surface area contributed by atoms with Gasteiger partial charge in [0.1, 0.15) is 17.3 Å². The summed E-state index contributed by atoms with van der Waals surface area (Å²) in [5.74, 6) is 0.293. The highest BCUT2D eigenvalue weighted by atomic mass is 16.6. The Labute approximate surface area is 165 Å². The SMILES string of the molecule is O=C(O)c1oc(-c2ccccc2)cc1Cc1ccc(-c2ccc([N+](=O)[O-])cc2)o1. The van der Waals surface area contributed by atoms with Crippen LogP contribution < -0.4 is 0 Å². The minimum Gasteiger partial charge on any atom is -0.475 e. The molecule has 4 rings (SSSR count). The normalized spacial score (nSPS) is 10.8. The van der Waals surface area contributed by atoms with Crippen molar-refractivity contribution < 1.29 is 23.7 Å². The van der Waals surface area contributed by atoms with Crippen LogP contribution in [0.4, 0.5) is 5.69 Å². The van der Waals surface area contributed by atoms with Crippen LogP contribution in [0.25, 0.3) is 22.6 Å². The molecule has 2 heterocycles. The first-order valence-corrected chi connectivity index (χ1v) is 8.76. The minimum atomic E-state index is -1.15. The van der Waals surface area contributed by atoms with Gasteiger partial charge in [0.25, 0.3) is 5.69 Å². The lowest BCUT2D eigenvalue weighted by Crippen LogP contribution is -1.98. The van der Waals surface area contributed by atoms with Gasteiger partial charge in [-0.15, -0.1) is 0 Å². The van der Waals surface area contributed by atoms with Gasteiger partial charge in [-0.25, -0.2) is 4.79 Å². The fourth-order valence-corrected chi connectivity index (χ4v) is 3.05. The second-order valence-corrected chi connectivity index (χ2v) is 6.38. The Hall–Kier alpha value is -4.13. The Morgan fingerprint density at radius 1 is 0.897 bits per heavy atom. The maximum atomic E-state index is 11.6. The third kappa shape index (κ3) is 3.79. The first kappa shape index (κ1) is 18.2. The van der Waals surface area contributed by atoms with Gasteiger partial charge in [0.2, 0.25) is 5.76 Å². The molecular formula is C22H15NO6. The van der Waals surface area contributed by atoms with E-state index >= 15 is 0 Å². The van der Waals surface area contributed by atoms with Gasteiger partial charge < -0.3 is 13.9 Å². The molecule has 0 amide bonds. The molecule has 0 spiro atoms. The molecule has 0 atom stereocenters. The zero-order valence-electron chi connectivity index (χ0n) is 15.1. The summed E-state index contributed by atoms with van der Waals surface area (Å²) in [5.41, 5.74) is 1.98. The van der Waals surface area contributed by atoms with Crippen LogP contribution in [-0.4, -0.2) is 16.0 Å². The van der Waals surface area contributed by atoms with E-state index in [0.717, 1.165) is 5.56 Å². The molecule has 0 aliphatic rings. The number of carbonyl (C=O) groups is 1. The quantitative estimate of drug-likeness (QED) is 0.349. The van der Waals surface area contributed by atoms with Gasteiger partial charge in [-0.2, -0.15) is 0 Å². The van der Waals surface area contributed by atoms with Gasteiger partial charge in [0, 0.05) is 35.2 Å². The number of aromatic carboxylic acids is 1. The molecular weight excluding hydrogens is 374 g/mol. The number of hydrogen-bond donors (Lipinski definition) is 1. The van der Waals surface area contributed by atoms with Crippen LogP contribution in [-0.2, 0) is 6.42 Å². The van der Waals surface area contributed by atoms with Crippen molar-refractivity contribution in [3.8, 4) is 22.6 Å². The topological polar surface area (TPSA) is 107 Å². The average Bonchev–Trinajstić information content (AvgIpc) is 3.36. The highest BCUT2D eigenvalue weighted by molar-refractivity contribution is 5.87. The fraction of sp³-hybridized carbons (Fsp3) is 0.0455. The number of rotatable bonds is 6. The third-order valence-electron chi connectivity index (χ3n) is 4.45. The van der Waals surface area contributed by atoms with Crippen LogP contribution in [0.3, 0.4) is 0 Å². The minimum absolute atomic E-state index is 0.00142. The standard InChI is InChI=1S/C22H15NO6/c24-22(25)21-16(13-20(29-21)14-4-2-1-3-5-14)12-18-10-11-19(28-18)15-6-8-17(9-7-15)23(26)27/h1-11,13H,12H2,(H,24,25). The van der Waals surface area contributed by atoms with Gasteiger partial charge >= 0.3 is 5.97 Å². The number of non-ortho nitro benzene ring substituents is 1. The molecule has 144 valence electrons. The lowest BCUT2D eigenvalue weighted by atomic mass is 10.1. The van der Waals surface area contributed by atoms with E-state index in [0.29, 0.717) is 28.4 Å². The number of carboxylic acids is 1. The zero-order valence-corrected chi connectivity index (χ0v) is 15.1. The highest BCUT2D eigenvalue weighted by Gasteiger charge is 2.20. The van der Waals surface area contributed by atoms with Crippen molar-refractivity contribution in [1.82, 2.24) is 0 Å². The van der Waals surface area contributed by atoms with Crippen molar-refractivity contribution in [3.63, 3.8) is 0 Å². The van der Waals surface area contributed by atoms with Crippen molar-refractivity contribution in [1.29, 1.82) is 0 Å². The van der Waals surface area contributed by atoms with Crippen LogP contribution in [0, 0.1) is 10.1 Å². The van der Waals surface area contributed by atoms with Crippen molar-refractivity contribution in [2.24, 2.45) is 0 Å². The average molecular weight is 389 g/mol. The molecule has 7 nitrogen and oxygen atoms in total. The van der Waals surface area contributed by atoms with Crippen molar-refractivity contribution >= 4 is 11.7 Å². The molecule has 0 unspecified atom stereocenters. The van der Waals surface area contributed by atoms with E-state index in [1.54, 1.807) is 30.3 Å². The second kappa shape index (κ2) is 7.47. The zero-order chi connectivity index (χ0) is 20.4. The van der Waals surface area contributed by atoms with E-state index in [1.165, 1.54) is 12.1 Å². The fourth-order valence-electron chi connectivity index (χ4n) is 3.05. The molecule has 0 bridgehead atoms. The molecule has 29 heavy (non-hydrogen) atoms. The number of nitro benzene ring substituents is 1. The highest BCUT2D eigenvalue weighted by Crippen LogP contribution is 2.30. The van der Waals surface area contributed by atoms with Crippen LogP contribution in [0.2, 0.25) is 0 Å². The number of hydrogen-bond acceptors (Lipinski definition) is 5. The summed E-state index contributed by atoms with van der Waals surface area (Å²) >= 11 is 0. The Balaban J connectivity index is 1.61. The van der Waals surface area contributed by atoms with Crippen molar-refractivity contribution in [2.45, 2.75) is 6.42 Å². The molecule has 1 N–H and O–H groups in total. The summed E-state index contributed by atoms with van der Waals surface area (Å²) in [6, 6.07) is 20.5. The summed E-state index contributed by atoms with van der Waals surface area (Å²) in [4.78, 5) is 21.9. The maximum absolute atomic E-state index is 11.6. The van der Waals surface area contributed by atoms with Crippen molar-refractivity contribution in [2.75, 3.05) is 0 Å². The summed E-state index contributed by atoms with van der Waals surface area (Å²) in [6.07, 6.45) is 0.241. The van der Waals surface area contributed by atoms with E-state index in [1.807, 2.05) is 30.3 Å². The Morgan fingerprint density at radius 3 is 2.24 bits per heavy atom. The molecule has 2 aromatic carbocycles. The van der Waals surface area contributed by atoms with Crippen LogP contribution in [0.15, 0.2) is 81.6 Å². The summed E-state index contributed by atoms with van der Waals surface area (Å²) < 4.78 is 11.4. The first-order chi connectivity index (χ1) is 14.0. The van der Waals surface area contributed by atoms with Crippen LogP contribution in [0.1, 0.15) is 21.9 Å². The Bertz CT molecular complexity index is 1170.